The van der Waals surface area contributed by atoms with E-state index in [2.05, 4.69) is 99.3 Å². The lowest BCUT2D eigenvalue weighted by Gasteiger charge is -2.39. The van der Waals surface area contributed by atoms with E-state index in [1.807, 2.05) is 159 Å². The van der Waals surface area contributed by atoms with Gasteiger partial charge in [0.05, 0.1) is 18.1 Å². The Labute approximate surface area is 800 Å². The summed E-state index contributed by atoms with van der Waals surface area (Å²) in [4.78, 5) is 246. The van der Waals surface area contributed by atoms with Crippen molar-refractivity contribution in [3.8, 4) is 0 Å². The normalized spacial score (nSPS) is 24.1. The van der Waals surface area contributed by atoms with Crippen molar-refractivity contribution in [1.82, 2.24) is 83.0 Å². The van der Waals surface area contributed by atoms with Crippen LogP contribution >= 0.6 is 0 Å². The smallest absolute Gasteiger partial charge is 0.316 e. The molecule has 9 rings (SSSR count). The monoisotopic (exact) mass is 1890 g/mol. The maximum atomic E-state index is 14.3. The van der Waals surface area contributed by atoms with Crippen LogP contribution < -0.4 is 70.0 Å². The lowest BCUT2D eigenvalue weighted by molar-refractivity contribution is -0.145. The quantitative estimate of drug-likeness (QED) is 0.0245. The van der Waals surface area contributed by atoms with Gasteiger partial charge in [-0.15, -0.1) is 13.2 Å². The average molecular weight is 1890 g/mol. The first-order valence-electron chi connectivity index (χ1n) is 48.6. The van der Waals surface area contributed by atoms with Crippen molar-refractivity contribution in [3.05, 3.63) is 25.3 Å². The van der Waals surface area contributed by atoms with Crippen molar-refractivity contribution < 1.29 is 86.3 Å². The van der Waals surface area contributed by atoms with Crippen LogP contribution in [0.25, 0.3) is 0 Å². The van der Waals surface area contributed by atoms with E-state index in [0.717, 1.165) is 51.4 Å². The van der Waals surface area contributed by atoms with E-state index in [9.17, 15) is 86.3 Å². The molecule has 4 saturated heterocycles. The van der Waals surface area contributed by atoms with Crippen LogP contribution in [0.2, 0.25) is 0 Å². The number of ketones is 3. The van der Waals surface area contributed by atoms with E-state index in [0.29, 0.717) is 58.5 Å². The van der Waals surface area contributed by atoms with E-state index >= 15 is 0 Å². The molecular formula is C99H164N18O18. The molecule has 18 atom stereocenters. The molecule has 0 aromatic heterocycles. The Hall–Kier alpha value is -10.1. The van der Waals surface area contributed by atoms with Crippen LogP contribution in [-0.2, 0) is 71.9 Å². The van der Waals surface area contributed by atoms with E-state index in [4.69, 9.17) is 11.5 Å². The van der Waals surface area contributed by atoms with Gasteiger partial charge in [0.15, 0.2) is 0 Å². The number of Topliss-reactive ketones (excluding diaryl/α,β-unsaturated/α-hetero) is 3. The zero-order valence-electron chi connectivity index (χ0n) is 85.9. The summed E-state index contributed by atoms with van der Waals surface area (Å²) in [5.41, 5.74) is 6.07. The van der Waals surface area contributed by atoms with Crippen molar-refractivity contribution in [1.29, 1.82) is 0 Å². The molecule has 0 aromatic carbocycles. The van der Waals surface area contributed by atoms with Gasteiger partial charge in [0, 0.05) is 58.4 Å². The van der Waals surface area contributed by atoms with Crippen molar-refractivity contribution in [2.75, 3.05) is 52.9 Å². The minimum atomic E-state index is -1.10. The highest BCUT2D eigenvalue weighted by molar-refractivity contribution is 6.39. The highest BCUT2D eigenvalue weighted by atomic mass is 16.2. The second-order valence-corrected chi connectivity index (χ2v) is 47.9. The average Bonchev–Trinajstić information content (AvgIpc) is 1.53. The largest absolute Gasteiger partial charge is 0.363 e. The standard InChI is InChI=1S/C35H60N6O6.2C32H52N6O6/c1-14-16-17-21(24(42)28(44)36-18-15-2)37-27(43)23-22-20(35(22,12)13)19-41(23)30(46)26(33(6,7)8)39-31(47)38-25(32(3,4)5)29(45)40-34(9,10)11;1-30(2,3)23(27(42)37-13-9-10-14-37)35-29(44)36-24(31(4,5)6)28(43)38-16-18-20(32(18,7)8)21(38)26(41)34-19(15-17-11-12-17)22(39)25(33)40;1-10-14-37(9)28(42)22(17(2)3)35-30(44)36-25(31(4,5)6)29(43)38-16-19-21(32(19,7)8)23(38)27(41)34-20(24(39)26(33)40)15-18-12-11-13-18/h15,20-23,25-26H,2,14,16-19H2,1,3-13H3,(H,36,44)(H,37,43)(H,40,45)(H2,38,39,47);17-21,23-24H,9-16H2,1-8H3,(H2,33,40)(H,34,41)(H2,35,36,44);10,17-23,25H,1,11-16H2,2-9H3,(H2,33,40)(H,34,41)(H2,35,36,44)/t20-,21?,22-,23-,25+,26+;18-,19?,20-,21-,23+,24+;19-,20?,21-,22-,23-,25+/m000/s1. The minimum Gasteiger partial charge on any atom is -0.363 e. The molecule has 15 N–H and O–H groups in total. The molecule has 3 unspecified atom stereocenters. The predicted octanol–water partition coefficient (Wildman–Crippen LogP) is 6.20. The first-order valence-corrected chi connectivity index (χ1v) is 48.6. The zero-order valence-corrected chi connectivity index (χ0v) is 85.9. The van der Waals surface area contributed by atoms with Gasteiger partial charge in [-0.1, -0.05) is 223 Å². The van der Waals surface area contributed by atoms with Crippen molar-refractivity contribution in [2.45, 2.75) is 342 Å². The number of primary amides is 2. The molecule has 18 amide bonds. The summed E-state index contributed by atoms with van der Waals surface area (Å²) >= 11 is 0. The molecule has 0 aromatic rings. The number of unbranched alkanes of at least 4 members (excludes halogenated alkanes) is 1. The summed E-state index contributed by atoms with van der Waals surface area (Å²) in [5, 5.41) is 30.6. The molecule has 5 saturated carbocycles. The van der Waals surface area contributed by atoms with Gasteiger partial charge in [0.25, 0.3) is 17.7 Å². The molecule has 135 heavy (non-hydrogen) atoms. The number of fused-ring (bicyclic) bond motifs is 3. The molecule has 9 aliphatic rings. The van der Waals surface area contributed by atoms with Crippen molar-refractivity contribution in [3.63, 3.8) is 0 Å². The van der Waals surface area contributed by atoms with Crippen molar-refractivity contribution >= 4 is 106 Å². The number of likely N-dealkylation sites (tertiary alicyclic amines) is 4. The Kier molecular flexibility index (Phi) is 35.9. The van der Waals surface area contributed by atoms with E-state index in [1.165, 1.54) is 25.7 Å². The fourth-order valence-electron chi connectivity index (χ4n) is 20.1. The number of nitrogens with two attached hydrogens (primary N) is 2. The van der Waals surface area contributed by atoms with Crippen LogP contribution in [0.1, 0.15) is 264 Å². The molecule has 36 nitrogen and oxygen atoms in total. The number of rotatable bonds is 36. The molecule has 4 heterocycles. The summed E-state index contributed by atoms with van der Waals surface area (Å²) in [6.45, 7) is 61.0. The van der Waals surface area contributed by atoms with Crippen LogP contribution in [-0.4, -0.2) is 262 Å². The topological polar surface area (TPSA) is 508 Å². The van der Waals surface area contributed by atoms with Crippen LogP contribution in [0.4, 0.5) is 14.4 Å². The summed E-state index contributed by atoms with van der Waals surface area (Å²) in [6, 6.07) is -13.3. The number of likely N-dealkylation sites (N-methyl/N-ethyl adjacent to an activating group) is 1. The molecule has 36 heteroatoms. The molecule has 0 radical (unpaired) electrons. The second-order valence-electron chi connectivity index (χ2n) is 47.9. The van der Waals surface area contributed by atoms with Gasteiger partial charge >= 0.3 is 18.1 Å². The number of nitrogens with zero attached hydrogens (tertiary/aromatic N) is 5. The number of urea groups is 3. The van der Waals surface area contributed by atoms with Gasteiger partial charge in [-0.25, -0.2) is 14.4 Å². The highest BCUT2D eigenvalue weighted by Crippen LogP contribution is 2.67. The Morgan fingerprint density at radius 1 is 0.437 bits per heavy atom. The van der Waals surface area contributed by atoms with Crippen LogP contribution in [0, 0.1) is 96.6 Å². The lowest BCUT2D eigenvalue weighted by Crippen LogP contribution is -2.63. The number of carbonyl (C=O) groups is 18. The van der Waals surface area contributed by atoms with Gasteiger partial charge in [0.2, 0.25) is 70.5 Å². The SMILES string of the molecule is C=CCN(C)C(=O)[C@@H](NC(=O)N[C@H](C(=O)N1C[C@H]2[C@@H]([C@H]1C(=O)NC(CC1CCC1)C(=O)C(N)=O)C2(C)C)C(C)(C)C)C(C)C.C=CCNC(=O)C(=O)C(CCCC)NC(=O)[C@@H]1[C@@H]2[C@H](CN1C(=O)[C@@H](NC(=O)N[C@H](C(=O)NC(C)(C)C)C(C)(C)C)C(C)(C)C)C2(C)C.CC(C)(C)[C@H](NC(=O)N[C@H](C(=O)N1C[C@H]2[C@@H]([C@H]1C(=O)NC(CC1CC1)C(=O)C(N)=O)C2(C)C)C(C)(C)C)C(=O)N1CCCC1. The van der Waals surface area contributed by atoms with Gasteiger partial charge < -0.3 is 94.5 Å². The summed E-state index contributed by atoms with van der Waals surface area (Å²) < 4.78 is 0. The Balaban J connectivity index is 0.000000276. The van der Waals surface area contributed by atoms with Crippen molar-refractivity contribution in [2.24, 2.45) is 108 Å². The van der Waals surface area contributed by atoms with E-state index < -0.39 is 194 Å². The summed E-state index contributed by atoms with van der Waals surface area (Å²) in [6.07, 6.45) is 11.9. The number of piperidine rings is 3. The predicted molar refractivity (Wildman–Crippen MR) is 511 cm³/mol. The Bertz CT molecular complexity index is 4460. The zero-order chi connectivity index (χ0) is 103. The fraction of sp³-hybridized carbons (Fsp3) is 0.778. The number of carbonyl (C=O) groups excluding carboxylic acids is 18. The number of nitrogens with one attached hydrogen (secondary N) is 11. The molecule has 9 fully saturated rings. The molecule has 758 valence electrons. The van der Waals surface area contributed by atoms with Crippen LogP contribution in [0.3, 0.4) is 0 Å². The van der Waals surface area contributed by atoms with Gasteiger partial charge in [-0.3, -0.25) is 71.9 Å². The van der Waals surface area contributed by atoms with Crippen LogP contribution in [0.15, 0.2) is 25.3 Å². The molecule has 5 aliphatic carbocycles. The van der Waals surface area contributed by atoms with Gasteiger partial charge in [-0.05, 0) is 149 Å². The number of amides is 18. The molecule has 0 spiro atoms. The lowest BCUT2D eigenvalue weighted by atomic mass is 9.80. The minimum absolute atomic E-state index is 0.0590. The molecule has 0 bridgehead atoms. The Morgan fingerprint density at radius 3 is 1.07 bits per heavy atom. The summed E-state index contributed by atoms with van der Waals surface area (Å²) in [5.74, 6) is -8.91. The maximum absolute atomic E-state index is 14.3. The first-order chi connectivity index (χ1) is 61.9. The second kappa shape index (κ2) is 43.3. The van der Waals surface area contributed by atoms with Gasteiger partial charge in [0.1, 0.15) is 54.4 Å². The van der Waals surface area contributed by atoms with E-state index in [-0.39, 0.29) is 100 Å². The third-order valence-electron chi connectivity index (χ3n) is 29.1. The summed E-state index contributed by atoms with van der Waals surface area (Å²) in [7, 11) is 1.62. The number of hydrogen-bond donors (Lipinski definition) is 13. The first kappa shape index (κ1) is 112. The molecule has 4 aliphatic heterocycles. The Morgan fingerprint density at radius 2 is 0.770 bits per heavy atom. The van der Waals surface area contributed by atoms with Crippen LogP contribution in [0.5, 0.6) is 0 Å². The third-order valence-corrected chi connectivity index (χ3v) is 29.1. The fourth-order valence-corrected chi connectivity index (χ4v) is 20.1. The highest BCUT2D eigenvalue weighted by Gasteiger charge is 2.73. The van der Waals surface area contributed by atoms with E-state index in [1.54, 1.807) is 18.0 Å². The third kappa shape index (κ3) is 27.7. The van der Waals surface area contributed by atoms with Gasteiger partial charge in [-0.2, -0.15) is 0 Å². The maximum Gasteiger partial charge on any atom is 0.316 e. The molecular weight excluding hydrogens is 1730 g/mol. The number of hydrogen-bond acceptors (Lipinski definition) is 18.